The van der Waals surface area contributed by atoms with Crippen LogP contribution in [-0.2, 0) is 40.1 Å². The van der Waals surface area contributed by atoms with Gasteiger partial charge in [-0.3, -0.25) is 9.97 Å². The monoisotopic (exact) mass is 422 g/mol. The second kappa shape index (κ2) is 10.0. The molecule has 0 radical (unpaired) electrons. The highest BCUT2D eigenvalue weighted by atomic mass is 16.6. The fourth-order valence-corrected chi connectivity index (χ4v) is 4.42. The minimum Gasteiger partial charge on any atom is -0.399 e. The zero-order valence-electron chi connectivity index (χ0n) is 18.6. The summed E-state index contributed by atoms with van der Waals surface area (Å²) in [5.74, 6) is 0. The standard InChI is InChI=1S/C24H30N4O3/c1-29-20(14-18-12-10-16-6-4-8-21(27-30-2)23(16)25-18)15-19-13-11-17-7-5-9-22(28-31-3)24(17)26-19/h10-13,20H,4-9,14-15H2,1-3H3/b27-21+,28-22+. The van der Waals surface area contributed by atoms with Gasteiger partial charge < -0.3 is 14.4 Å². The fraction of sp³-hybridized carbons (Fsp3) is 0.500. The molecule has 0 saturated heterocycles. The average Bonchev–Trinajstić information content (AvgIpc) is 2.80. The quantitative estimate of drug-likeness (QED) is 0.637. The molecular formula is C24H30N4O3. The van der Waals surface area contributed by atoms with Crippen LogP contribution < -0.4 is 0 Å². The predicted molar refractivity (Wildman–Crippen MR) is 120 cm³/mol. The molecule has 0 saturated carbocycles. The number of rotatable bonds is 7. The summed E-state index contributed by atoms with van der Waals surface area (Å²) in [6, 6.07) is 8.53. The minimum atomic E-state index is -0.0195. The maximum Gasteiger partial charge on any atom is 0.106 e. The van der Waals surface area contributed by atoms with E-state index in [4.69, 9.17) is 24.4 Å². The molecule has 2 aliphatic rings. The Labute approximate surface area is 183 Å². The van der Waals surface area contributed by atoms with Crippen LogP contribution in [-0.4, -0.2) is 48.8 Å². The molecule has 164 valence electrons. The normalized spacial score (nSPS) is 19.1. The Bertz CT molecular complexity index is 909. The molecule has 2 aromatic rings. The van der Waals surface area contributed by atoms with Gasteiger partial charge in [-0.25, -0.2) is 0 Å². The van der Waals surface area contributed by atoms with E-state index in [9.17, 15) is 0 Å². The van der Waals surface area contributed by atoms with Crippen molar-refractivity contribution in [2.24, 2.45) is 10.3 Å². The first-order valence-corrected chi connectivity index (χ1v) is 10.9. The van der Waals surface area contributed by atoms with Gasteiger partial charge >= 0.3 is 0 Å². The molecule has 2 heterocycles. The van der Waals surface area contributed by atoms with Crippen LogP contribution in [0.1, 0.15) is 59.6 Å². The number of aryl methyl sites for hydroxylation is 2. The molecule has 31 heavy (non-hydrogen) atoms. The van der Waals surface area contributed by atoms with Gasteiger partial charge in [-0.15, -0.1) is 0 Å². The van der Waals surface area contributed by atoms with Gasteiger partial charge in [0.25, 0.3) is 0 Å². The van der Waals surface area contributed by atoms with Crippen LogP contribution in [0.2, 0.25) is 0 Å². The number of pyridine rings is 2. The third kappa shape index (κ3) is 4.93. The molecule has 0 aromatic carbocycles. The Hall–Kier alpha value is -2.80. The predicted octanol–water partition coefficient (Wildman–Crippen LogP) is 3.65. The third-order valence-electron chi connectivity index (χ3n) is 5.95. The van der Waals surface area contributed by atoms with Crippen molar-refractivity contribution in [3.63, 3.8) is 0 Å². The van der Waals surface area contributed by atoms with E-state index in [1.165, 1.54) is 11.1 Å². The van der Waals surface area contributed by atoms with Crippen molar-refractivity contribution in [2.75, 3.05) is 21.3 Å². The highest BCUT2D eigenvalue weighted by Crippen LogP contribution is 2.23. The van der Waals surface area contributed by atoms with Gasteiger partial charge in [0, 0.05) is 31.3 Å². The molecule has 2 aromatic heterocycles. The number of fused-ring (bicyclic) bond motifs is 2. The first-order valence-electron chi connectivity index (χ1n) is 10.9. The van der Waals surface area contributed by atoms with E-state index in [1.807, 2.05) is 0 Å². The smallest absolute Gasteiger partial charge is 0.106 e. The molecule has 0 spiro atoms. The summed E-state index contributed by atoms with van der Waals surface area (Å²) >= 11 is 0. The van der Waals surface area contributed by atoms with Gasteiger partial charge in [0.05, 0.1) is 17.5 Å². The van der Waals surface area contributed by atoms with Gasteiger partial charge in [-0.05, 0) is 61.8 Å². The second-order valence-corrected chi connectivity index (χ2v) is 8.03. The Morgan fingerprint density at radius 2 is 1.23 bits per heavy atom. The summed E-state index contributed by atoms with van der Waals surface area (Å²) in [7, 11) is 4.91. The number of methoxy groups -OCH3 is 1. The van der Waals surface area contributed by atoms with Crippen LogP contribution in [0.3, 0.4) is 0 Å². The summed E-state index contributed by atoms with van der Waals surface area (Å²) < 4.78 is 5.81. The molecular weight excluding hydrogens is 392 g/mol. The lowest BCUT2D eigenvalue weighted by molar-refractivity contribution is 0.102. The molecule has 0 amide bonds. The van der Waals surface area contributed by atoms with Gasteiger partial charge in [-0.2, -0.15) is 0 Å². The van der Waals surface area contributed by atoms with E-state index in [2.05, 4.69) is 34.6 Å². The summed E-state index contributed by atoms with van der Waals surface area (Å²) in [4.78, 5) is 19.9. The van der Waals surface area contributed by atoms with E-state index in [-0.39, 0.29) is 6.10 Å². The van der Waals surface area contributed by atoms with Crippen molar-refractivity contribution in [3.8, 4) is 0 Å². The van der Waals surface area contributed by atoms with Crippen LogP contribution in [0.5, 0.6) is 0 Å². The van der Waals surface area contributed by atoms with Crippen LogP contribution in [0, 0.1) is 0 Å². The molecule has 0 aliphatic heterocycles. The third-order valence-corrected chi connectivity index (χ3v) is 5.95. The van der Waals surface area contributed by atoms with E-state index >= 15 is 0 Å². The lowest BCUT2D eigenvalue weighted by Crippen LogP contribution is -2.22. The lowest BCUT2D eigenvalue weighted by Gasteiger charge is -2.20. The first kappa shape index (κ1) is 21.4. The van der Waals surface area contributed by atoms with Gasteiger partial charge in [0.2, 0.25) is 0 Å². The highest BCUT2D eigenvalue weighted by molar-refractivity contribution is 6.01. The molecule has 4 rings (SSSR count). The Balaban J connectivity index is 1.52. The van der Waals surface area contributed by atoms with Gasteiger partial charge in [0.1, 0.15) is 25.6 Å². The van der Waals surface area contributed by atoms with Crippen LogP contribution in [0.25, 0.3) is 0 Å². The molecule has 0 N–H and O–H groups in total. The van der Waals surface area contributed by atoms with Gasteiger partial charge in [-0.1, -0.05) is 22.4 Å². The molecule has 7 nitrogen and oxygen atoms in total. The van der Waals surface area contributed by atoms with E-state index in [1.54, 1.807) is 21.3 Å². The van der Waals surface area contributed by atoms with Crippen molar-refractivity contribution in [3.05, 3.63) is 58.2 Å². The number of hydrogen-bond donors (Lipinski definition) is 0. The van der Waals surface area contributed by atoms with Crippen molar-refractivity contribution in [1.82, 2.24) is 9.97 Å². The zero-order chi connectivity index (χ0) is 21.6. The largest absolute Gasteiger partial charge is 0.399 e. The Kier molecular flexibility index (Phi) is 6.92. The Morgan fingerprint density at radius 3 is 1.65 bits per heavy atom. The topological polar surface area (TPSA) is 78.2 Å². The lowest BCUT2D eigenvalue weighted by atomic mass is 9.93. The number of oxime groups is 2. The van der Waals surface area contributed by atoms with E-state index in [0.717, 1.165) is 72.7 Å². The second-order valence-electron chi connectivity index (χ2n) is 8.03. The van der Waals surface area contributed by atoms with Crippen molar-refractivity contribution < 1.29 is 14.4 Å². The number of hydrogen-bond acceptors (Lipinski definition) is 7. The SMILES string of the molecule is CO/N=C1\CCCc2ccc(CC(Cc3ccc4c(n3)/C(=N/OC)CCC4)OC)nc21. The van der Waals surface area contributed by atoms with Crippen LogP contribution in [0.15, 0.2) is 34.6 Å². The van der Waals surface area contributed by atoms with Crippen molar-refractivity contribution in [1.29, 1.82) is 0 Å². The fourth-order valence-electron chi connectivity index (χ4n) is 4.42. The molecule has 0 atom stereocenters. The van der Waals surface area contributed by atoms with E-state index < -0.39 is 0 Å². The number of ether oxygens (including phenoxy) is 1. The Morgan fingerprint density at radius 1 is 0.742 bits per heavy atom. The molecule has 0 unspecified atom stereocenters. The summed E-state index contributed by atoms with van der Waals surface area (Å²) in [6.45, 7) is 0. The summed E-state index contributed by atoms with van der Waals surface area (Å²) in [5, 5.41) is 8.38. The molecule has 7 heteroatoms. The minimum absolute atomic E-state index is 0.0195. The zero-order valence-corrected chi connectivity index (χ0v) is 18.6. The van der Waals surface area contributed by atoms with Crippen molar-refractivity contribution in [2.45, 2.75) is 57.5 Å². The van der Waals surface area contributed by atoms with Crippen LogP contribution in [0.4, 0.5) is 0 Å². The summed E-state index contributed by atoms with van der Waals surface area (Å²) in [6.07, 6.45) is 7.42. The van der Waals surface area contributed by atoms with Crippen molar-refractivity contribution >= 4 is 11.4 Å². The molecule has 0 fully saturated rings. The number of aromatic nitrogens is 2. The maximum absolute atomic E-state index is 5.81. The highest BCUT2D eigenvalue weighted by Gasteiger charge is 2.22. The van der Waals surface area contributed by atoms with Crippen LogP contribution >= 0.6 is 0 Å². The first-order chi connectivity index (χ1) is 15.2. The summed E-state index contributed by atoms with van der Waals surface area (Å²) in [5.41, 5.74) is 8.26. The molecule has 2 aliphatic carbocycles. The van der Waals surface area contributed by atoms with E-state index in [0.29, 0.717) is 12.8 Å². The maximum atomic E-state index is 5.81. The molecule has 0 bridgehead atoms. The van der Waals surface area contributed by atoms with Gasteiger partial charge in [0.15, 0.2) is 0 Å². The average molecular weight is 423 g/mol. The number of nitrogens with zero attached hydrogens (tertiary/aromatic N) is 4.